The number of nitrogens with zero attached hydrogens (tertiary/aromatic N) is 5. The molecule has 8 heteroatoms. The molecule has 4 heterocycles. The molecule has 24 heavy (non-hydrogen) atoms. The van der Waals surface area contributed by atoms with Crippen LogP contribution in [0.15, 0.2) is 22.6 Å². The predicted molar refractivity (Wildman–Crippen MR) is 90.5 cm³/mol. The second-order valence-electron chi connectivity index (χ2n) is 5.85. The van der Waals surface area contributed by atoms with Gasteiger partial charge in [0, 0.05) is 48.8 Å². The molecule has 0 fully saturated rings. The fourth-order valence-electron chi connectivity index (χ4n) is 3.09. The van der Waals surface area contributed by atoms with Crippen molar-refractivity contribution in [3.05, 3.63) is 50.8 Å². The van der Waals surface area contributed by atoms with Crippen molar-refractivity contribution in [1.82, 2.24) is 24.3 Å². The fraction of sp³-hybridized carbons (Fsp3) is 0.375. The van der Waals surface area contributed by atoms with Crippen molar-refractivity contribution in [2.24, 2.45) is 0 Å². The number of aromatic nitrogens is 4. The first-order chi connectivity index (χ1) is 11.7. The van der Waals surface area contributed by atoms with Crippen molar-refractivity contribution < 1.29 is 4.74 Å². The average molecular weight is 343 g/mol. The van der Waals surface area contributed by atoms with Crippen molar-refractivity contribution in [2.45, 2.75) is 26.4 Å². The highest BCUT2D eigenvalue weighted by molar-refractivity contribution is 7.15. The summed E-state index contributed by atoms with van der Waals surface area (Å²) in [5.41, 5.74) is 3.76. The van der Waals surface area contributed by atoms with E-state index in [1.54, 1.807) is 23.9 Å². The van der Waals surface area contributed by atoms with Crippen molar-refractivity contribution in [3.63, 3.8) is 0 Å². The third-order valence-electron chi connectivity index (χ3n) is 4.25. The van der Waals surface area contributed by atoms with Gasteiger partial charge in [-0.1, -0.05) is 0 Å². The molecule has 0 aromatic carbocycles. The van der Waals surface area contributed by atoms with Gasteiger partial charge in [0.1, 0.15) is 6.33 Å². The second-order valence-corrected chi connectivity index (χ2v) is 6.69. The van der Waals surface area contributed by atoms with Crippen LogP contribution in [-0.2, 0) is 19.5 Å². The summed E-state index contributed by atoms with van der Waals surface area (Å²) < 4.78 is 6.99. The Kier molecular flexibility index (Phi) is 3.78. The molecule has 0 spiro atoms. The van der Waals surface area contributed by atoms with E-state index in [0.29, 0.717) is 19.0 Å². The van der Waals surface area contributed by atoms with Crippen molar-refractivity contribution in [2.75, 3.05) is 13.7 Å². The topological polar surface area (TPSA) is 72.6 Å². The van der Waals surface area contributed by atoms with E-state index in [-0.39, 0.29) is 5.56 Å². The van der Waals surface area contributed by atoms with Gasteiger partial charge in [-0.2, -0.15) is 0 Å². The van der Waals surface area contributed by atoms with E-state index < -0.39 is 0 Å². The van der Waals surface area contributed by atoms with Crippen LogP contribution in [0.1, 0.15) is 22.6 Å². The normalized spacial score (nSPS) is 14.8. The van der Waals surface area contributed by atoms with Crippen molar-refractivity contribution in [3.8, 4) is 5.88 Å². The molecule has 0 atom stereocenters. The molecule has 3 aromatic rings. The highest BCUT2D eigenvalue weighted by atomic mass is 32.1. The summed E-state index contributed by atoms with van der Waals surface area (Å²) >= 11 is 1.49. The SMILES string of the molecule is COc1ncnc2c1CN(Cc1cc(=O)n3c(C)csc3n1)CC2. The fourth-order valence-corrected chi connectivity index (χ4v) is 3.98. The molecule has 0 amide bonds. The molecule has 0 radical (unpaired) electrons. The van der Waals surface area contributed by atoms with Gasteiger partial charge >= 0.3 is 0 Å². The van der Waals surface area contributed by atoms with Crippen LogP contribution in [0.2, 0.25) is 0 Å². The third-order valence-corrected chi connectivity index (χ3v) is 5.19. The average Bonchev–Trinajstić information content (AvgIpc) is 2.95. The lowest BCUT2D eigenvalue weighted by molar-refractivity contribution is 0.233. The number of hydrogen-bond donors (Lipinski definition) is 0. The smallest absolute Gasteiger partial charge is 0.259 e. The molecule has 1 aliphatic rings. The van der Waals surface area contributed by atoms with E-state index in [1.165, 1.54) is 11.3 Å². The summed E-state index contributed by atoms with van der Waals surface area (Å²) in [5, 5.41) is 1.95. The van der Waals surface area contributed by atoms with Gasteiger partial charge in [-0.25, -0.2) is 15.0 Å². The van der Waals surface area contributed by atoms with Gasteiger partial charge in [0.15, 0.2) is 4.96 Å². The summed E-state index contributed by atoms with van der Waals surface area (Å²) in [5.74, 6) is 0.627. The Morgan fingerprint density at radius 1 is 1.38 bits per heavy atom. The Labute approximate surface area is 142 Å². The maximum Gasteiger partial charge on any atom is 0.259 e. The Morgan fingerprint density at radius 3 is 3.08 bits per heavy atom. The zero-order chi connectivity index (χ0) is 16.7. The van der Waals surface area contributed by atoms with E-state index in [2.05, 4.69) is 19.9 Å². The molecule has 3 aromatic heterocycles. The molecule has 0 saturated heterocycles. The van der Waals surface area contributed by atoms with E-state index in [9.17, 15) is 4.79 Å². The summed E-state index contributed by atoms with van der Waals surface area (Å²) in [6, 6.07) is 1.63. The van der Waals surface area contributed by atoms with Crippen molar-refractivity contribution in [1.29, 1.82) is 0 Å². The molecule has 7 nitrogen and oxygen atoms in total. The number of aryl methyl sites for hydroxylation is 1. The zero-order valence-electron chi connectivity index (χ0n) is 13.5. The van der Waals surface area contributed by atoms with Gasteiger partial charge in [0.25, 0.3) is 5.56 Å². The summed E-state index contributed by atoms with van der Waals surface area (Å²) in [4.78, 5) is 28.4. The molecule has 124 valence electrons. The Hall–Kier alpha value is -2.32. The monoisotopic (exact) mass is 343 g/mol. The third kappa shape index (κ3) is 2.57. The lowest BCUT2D eigenvalue weighted by Gasteiger charge is -2.28. The van der Waals surface area contributed by atoms with Gasteiger partial charge < -0.3 is 4.74 Å². The largest absolute Gasteiger partial charge is 0.481 e. The van der Waals surface area contributed by atoms with Crippen LogP contribution in [-0.4, -0.2) is 37.9 Å². The Morgan fingerprint density at radius 2 is 2.25 bits per heavy atom. The van der Waals surface area contributed by atoms with E-state index >= 15 is 0 Å². The van der Waals surface area contributed by atoms with E-state index in [4.69, 9.17) is 4.74 Å². The quantitative estimate of drug-likeness (QED) is 0.716. The molecule has 0 aliphatic carbocycles. The number of rotatable bonds is 3. The molecular weight excluding hydrogens is 326 g/mol. The molecular formula is C16H17N5O2S. The zero-order valence-corrected chi connectivity index (χ0v) is 14.3. The van der Waals surface area contributed by atoms with Gasteiger partial charge in [0.2, 0.25) is 5.88 Å². The second kappa shape index (κ2) is 5.95. The molecule has 0 unspecified atom stereocenters. The van der Waals surface area contributed by atoms with Crippen LogP contribution in [0.4, 0.5) is 0 Å². The Balaban J connectivity index is 1.61. The maximum absolute atomic E-state index is 12.3. The number of thiazole rings is 1. The number of fused-ring (bicyclic) bond motifs is 2. The van der Waals surface area contributed by atoms with Crippen molar-refractivity contribution >= 4 is 16.3 Å². The van der Waals surface area contributed by atoms with Crippen LogP contribution >= 0.6 is 11.3 Å². The molecule has 0 bridgehead atoms. The molecule has 0 N–H and O–H groups in total. The molecule has 0 saturated carbocycles. The first-order valence-electron chi connectivity index (χ1n) is 7.71. The molecule has 1 aliphatic heterocycles. The minimum atomic E-state index is -0.0212. The summed E-state index contributed by atoms with van der Waals surface area (Å²) in [6.07, 6.45) is 2.39. The highest BCUT2D eigenvalue weighted by Gasteiger charge is 2.22. The van der Waals surface area contributed by atoms with Gasteiger partial charge in [0.05, 0.1) is 18.5 Å². The van der Waals surface area contributed by atoms with Crippen LogP contribution in [0.25, 0.3) is 4.96 Å². The van der Waals surface area contributed by atoms with Crippen LogP contribution in [0.5, 0.6) is 5.88 Å². The standard InChI is InChI=1S/C16H17N5O2S/c1-10-8-24-16-19-11(5-14(22)21(10)16)6-20-4-3-13-12(7-20)15(23-2)18-9-17-13/h5,8-9H,3-4,6-7H2,1-2H3. The number of ether oxygens (including phenoxy) is 1. The Bertz CT molecular complexity index is 950. The van der Waals surface area contributed by atoms with Crippen LogP contribution < -0.4 is 10.3 Å². The highest BCUT2D eigenvalue weighted by Crippen LogP contribution is 2.25. The lowest BCUT2D eigenvalue weighted by Crippen LogP contribution is -2.32. The van der Waals surface area contributed by atoms with Gasteiger partial charge in [-0.15, -0.1) is 11.3 Å². The van der Waals surface area contributed by atoms with Gasteiger partial charge in [-0.05, 0) is 6.92 Å². The minimum Gasteiger partial charge on any atom is -0.481 e. The summed E-state index contributed by atoms with van der Waals surface area (Å²) in [6.45, 7) is 4.11. The maximum atomic E-state index is 12.3. The van der Waals surface area contributed by atoms with Crippen LogP contribution in [0.3, 0.4) is 0 Å². The first-order valence-corrected chi connectivity index (χ1v) is 8.59. The lowest BCUT2D eigenvalue weighted by atomic mass is 10.1. The van der Waals surface area contributed by atoms with E-state index in [0.717, 1.165) is 40.6 Å². The number of hydrogen-bond acceptors (Lipinski definition) is 7. The number of methoxy groups -OCH3 is 1. The first kappa shape index (κ1) is 15.2. The van der Waals surface area contributed by atoms with Gasteiger partial charge in [-0.3, -0.25) is 14.1 Å². The molecule has 4 rings (SSSR count). The predicted octanol–water partition coefficient (Wildman–Crippen LogP) is 1.42. The van der Waals surface area contributed by atoms with Crippen LogP contribution in [0, 0.1) is 6.92 Å². The van der Waals surface area contributed by atoms with E-state index in [1.807, 2.05) is 12.3 Å². The minimum absolute atomic E-state index is 0.0212. The summed E-state index contributed by atoms with van der Waals surface area (Å²) in [7, 11) is 1.62.